The molecule has 1 unspecified atom stereocenters. The van der Waals surface area contributed by atoms with Gasteiger partial charge in [0.25, 0.3) is 0 Å². The second-order valence-electron chi connectivity index (χ2n) is 4.60. The summed E-state index contributed by atoms with van der Waals surface area (Å²) in [6.45, 7) is 3.91. The van der Waals surface area contributed by atoms with Gasteiger partial charge in [-0.25, -0.2) is 4.68 Å². The van der Waals surface area contributed by atoms with Crippen LogP contribution in [-0.2, 0) is 22.7 Å². The van der Waals surface area contributed by atoms with Crippen LogP contribution in [0, 0.1) is 5.41 Å². The molecule has 0 spiro atoms. The van der Waals surface area contributed by atoms with Crippen LogP contribution in [-0.4, -0.2) is 38.5 Å². The van der Waals surface area contributed by atoms with Crippen molar-refractivity contribution in [1.82, 2.24) is 20.3 Å². The Labute approximate surface area is 111 Å². The van der Waals surface area contributed by atoms with E-state index in [0.717, 1.165) is 0 Å². The number of carbonyl (C=O) groups excluding carboxylic acids is 1. The van der Waals surface area contributed by atoms with Gasteiger partial charge in [-0.1, -0.05) is 12.1 Å². The van der Waals surface area contributed by atoms with Gasteiger partial charge in [0.2, 0.25) is 5.91 Å². The maximum atomic E-state index is 11.9. The summed E-state index contributed by atoms with van der Waals surface area (Å²) in [7, 11) is 0. The highest BCUT2D eigenvalue weighted by Crippen LogP contribution is 2.19. The minimum atomic E-state index is -0.998. The van der Waals surface area contributed by atoms with Crippen LogP contribution >= 0.6 is 0 Å². The molecule has 8 heteroatoms. The number of aromatic nitrogens is 3. The molecule has 8 nitrogen and oxygen atoms in total. The smallest absolute Gasteiger partial charge is 0.325 e. The molecule has 0 aromatic carbocycles. The summed E-state index contributed by atoms with van der Waals surface area (Å²) in [4.78, 5) is 22.4. The van der Waals surface area contributed by atoms with E-state index in [1.165, 1.54) is 10.9 Å². The summed E-state index contributed by atoms with van der Waals surface area (Å²) in [6.07, 6.45) is 2.13. The van der Waals surface area contributed by atoms with Gasteiger partial charge in [0, 0.05) is 6.54 Å². The third-order valence-electron chi connectivity index (χ3n) is 3.09. The van der Waals surface area contributed by atoms with Gasteiger partial charge in [-0.05, 0) is 13.3 Å². The van der Waals surface area contributed by atoms with Gasteiger partial charge in [0.05, 0.1) is 18.2 Å². The lowest BCUT2D eigenvalue weighted by atomic mass is 9.87. The predicted octanol–water partition coefficient (Wildman–Crippen LogP) is -0.646. The third kappa shape index (κ3) is 4.02. The van der Waals surface area contributed by atoms with E-state index < -0.39 is 11.4 Å². The number of hydrogen-bond acceptors (Lipinski definition) is 5. The van der Waals surface area contributed by atoms with Crippen molar-refractivity contribution in [1.29, 1.82) is 0 Å². The van der Waals surface area contributed by atoms with Gasteiger partial charge >= 0.3 is 5.97 Å². The van der Waals surface area contributed by atoms with Gasteiger partial charge in [0.15, 0.2) is 0 Å². The molecule has 1 rings (SSSR count). The fraction of sp³-hybridized carbons (Fsp3) is 0.636. The maximum Gasteiger partial charge on any atom is 0.325 e. The molecule has 19 heavy (non-hydrogen) atoms. The molecule has 0 aliphatic heterocycles. The normalized spacial score (nSPS) is 13.8. The van der Waals surface area contributed by atoms with Crippen LogP contribution in [0.15, 0.2) is 6.20 Å². The van der Waals surface area contributed by atoms with Gasteiger partial charge in [-0.15, -0.1) is 5.10 Å². The second-order valence-corrected chi connectivity index (χ2v) is 4.60. The van der Waals surface area contributed by atoms with Gasteiger partial charge in [-0.2, -0.15) is 0 Å². The Hall–Kier alpha value is -1.96. The van der Waals surface area contributed by atoms with E-state index in [1.54, 1.807) is 6.92 Å². The average molecular weight is 269 g/mol. The Morgan fingerprint density at radius 3 is 2.79 bits per heavy atom. The van der Waals surface area contributed by atoms with Crippen LogP contribution in [0.3, 0.4) is 0 Å². The topological polar surface area (TPSA) is 123 Å². The molecule has 0 bridgehead atoms. The molecule has 0 radical (unpaired) electrons. The lowest BCUT2D eigenvalue weighted by molar-refractivity contribution is -0.138. The fourth-order valence-electron chi connectivity index (χ4n) is 1.42. The molecule has 0 saturated carbocycles. The number of hydrogen-bond donors (Lipinski definition) is 3. The number of carbonyl (C=O) groups is 2. The van der Waals surface area contributed by atoms with Crippen molar-refractivity contribution >= 4 is 11.9 Å². The Balaban J connectivity index is 2.55. The van der Waals surface area contributed by atoms with Crippen molar-refractivity contribution in [2.45, 2.75) is 33.4 Å². The van der Waals surface area contributed by atoms with Crippen LogP contribution in [0.2, 0.25) is 0 Å². The van der Waals surface area contributed by atoms with E-state index in [4.69, 9.17) is 10.8 Å². The zero-order valence-corrected chi connectivity index (χ0v) is 11.1. The van der Waals surface area contributed by atoms with Crippen molar-refractivity contribution in [3.8, 4) is 0 Å². The molecule has 1 aromatic rings. The van der Waals surface area contributed by atoms with Gasteiger partial charge < -0.3 is 16.2 Å². The number of carboxylic acid groups (broad SMARTS) is 1. The average Bonchev–Trinajstić information content (AvgIpc) is 2.81. The first-order chi connectivity index (χ1) is 8.91. The van der Waals surface area contributed by atoms with Crippen molar-refractivity contribution in [3.05, 3.63) is 11.9 Å². The summed E-state index contributed by atoms with van der Waals surface area (Å²) >= 11 is 0. The fourth-order valence-corrected chi connectivity index (χ4v) is 1.42. The standard InChI is InChI=1S/C11H19N5O3/c1-3-11(2,7-12)10(19)13-4-8-5-16(15-14-8)6-9(17)18/h5H,3-4,6-7,12H2,1-2H3,(H,13,19)(H,17,18). The summed E-state index contributed by atoms with van der Waals surface area (Å²) in [5.41, 5.74) is 5.49. The molecule has 0 aliphatic carbocycles. The van der Waals surface area contributed by atoms with Crippen LogP contribution < -0.4 is 11.1 Å². The van der Waals surface area contributed by atoms with Crippen molar-refractivity contribution in [2.24, 2.45) is 11.1 Å². The molecule has 1 atom stereocenters. The first kappa shape index (κ1) is 15.1. The third-order valence-corrected chi connectivity index (χ3v) is 3.09. The van der Waals surface area contributed by atoms with E-state index in [-0.39, 0.29) is 25.5 Å². The molecule has 0 fully saturated rings. The molecule has 0 aliphatic rings. The summed E-state index contributed by atoms with van der Waals surface area (Å²) in [6, 6.07) is 0. The zero-order chi connectivity index (χ0) is 14.5. The SMILES string of the molecule is CCC(C)(CN)C(=O)NCc1cn(CC(=O)O)nn1. The molecular formula is C11H19N5O3. The monoisotopic (exact) mass is 269 g/mol. The summed E-state index contributed by atoms with van der Waals surface area (Å²) < 4.78 is 1.20. The van der Waals surface area contributed by atoms with Crippen LogP contribution in [0.4, 0.5) is 0 Å². The van der Waals surface area contributed by atoms with Crippen molar-refractivity contribution in [3.63, 3.8) is 0 Å². The molecule has 1 aromatic heterocycles. The first-order valence-corrected chi connectivity index (χ1v) is 6.00. The first-order valence-electron chi connectivity index (χ1n) is 6.00. The number of rotatable bonds is 7. The largest absolute Gasteiger partial charge is 0.480 e. The lowest BCUT2D eigenvalue weighted by Crippen LogP contribution is -2.43. The number of aliphatic carboxylic acids is 1. The zero-order valence-electron chi connectivity index (χ0n) is 11.1. The van der Waals surface area contributed by atoms with E-state index >= 15 is 0 Å². The van der Waals surface area contributed by atoms with Gasteiger partial charge in [-0.3, -0.25) is 9.59 Å². The Kier molecular flexibility index (Phi) is 4.99. The van der Waals surface area contributed by atoms with Gasteiger partial charge in [0.1, 0.15) is 12.2 Å². The number of nitrogens with two attached hydrogens (primary N) is 1. The minimum absolute atomic E-state index is 0.148. The Morgan fingerprint density at radius 1 is 1.58 bits per heavy atom. The molecule has 1 heterocycles. The molecule has 106 valence electrons. The van der Waals surface area contributed by atoms with Crippen molar-refractivity contribution < 1.29 is 14.7 Å². The Morgan fingerprint density at radius 2 is 2.26 bits per heavy atom. The van der Waals surface area contributed by atoms with E-state index in [1.807, 2.05) is 6.92 Å². The number of nitrogens with one attached hydrogen (secondary N) is 1. The quantitative estimate of drug-likeness (QED) is 0.604. The van der Waals surface area contributed by atoms with E-state index in [2.05, 4.69) is 15.6 Å². The minimum Gasteiger partial charge on any atom is -0.480 e. The van der Waals surface area contributed by atoms with Crippen LogP contribution in [0.5, 0.6) is 0 Å². The summed E-state index contributed by atoms with van der Waals surface area (Å²) in [5.74, 6) is -1.15. The van der Waals surface area contributed by atoms with Crippen LogP contribution in [0.25, 0.3) is 0 Å². The highest BCUT2D eigenvalue weighted by molar-refractivity contribution is 5.82. The number of carboxylic acids is 1. The maximum absolute atomic E-state index is 11.9. The molecular weight excluding hydrogens is 250 g/mol. The number of amides is 1. The predicted molar refractivity (Wildman–Crippen MR) is 67.0 cm³/mol. The number of nitrogens with zero attached hydrogens (tertiary/aromatic N) is 3. The Bertz CT molecular complexity index is 453. The molecule has 1 amide bonds. The molecule has 4 N–H and O–H groups in total. The highest BCUT2D eigenvalue weighted by Gasteiger charge is 2.29. The summed E-state index contributed by atoms with van der Waals surface area (Å²) in [5, 5.41) is 18.7. The van der Waals surface area contributed by atoms with E-state index in [9.17, 15) is 9.59 Å². The second kappa shape index (κ2) is 6.28. The lowest BCUT2D eigenvalue weighted by Gasteiger charge is -2.24. The van der Waals surface area contributed by atoms with Crippen molar-refractivity contribution in [2.75, 3.05) is 6.54 Å². The highest BCUT2D eigenvalue weighted by atomic mass is 16.4. The van der Waals surface area contributed by atoms with Crippen LogP contribution in [0.1, 0.15) is 26.0 Å². The molecule has 0 saturated heterocycles. The van der Waals surface area contributed by atoms with E-state index in [0.29, 0.717) is 12.1 Å².